The Balaban J connectivity index is 8.13. The molecule has 0 aromatic heterocycles. The standard InChI is InChI=1S/C22H4F46N2Si/c23-1(24,3(27,28)7(35,36)11(43,44)15(51,52)19(59,60)61)5(31,32)9(39,40)13(47,48)17(55,56)21(65,66)71(69,70)22(67,68)18(57,58)14(49,50)10(41,42)6(33,34)2(25,26)4(29,30)8(37,38)12(45,46)16(53,54)20(62,63)64/h69-70H2. The van der Waals surface area contributed by atoms with Crippen LogP contribution in [-0.4, -0.2) is 138 Å². The van der Waals surface area contributed by atoms with Gasteiger partial charge in [0.2, 0.25) is 0 Å². The molecule has 0 rings (SSSR count). The lowest BCUT2D eigenvalue weighted by molar-refractivity contribution is -0.478. The first-order chi connectivity index (χ1) is 29.5. The van der Waals surface area contributed by atoms with Crippen molar-refractivity contribution in [1.82, 2.24) is 0 Å². The van der Waals surface area contributed by atoms with Gasteiger partial charge >= 0.3 is 138 Å². The van der Waals surface area contributed by atoms with Gasteiger partial charge in [-0.3, -0.25) is 0 Å². The Morgan fingerprint density at radius 3 is 0.324 bits per heavy atom. The van der Waals surface area contributed by atoms with Gasteiger partial charge in [0.25, 0.3) is 0 Å². The third-order valence-corrected chi connectivity index (χ3v) is 11.6. The minimum atomic E-state index is -11.0. The molecule has 0 saturated carbocycles. The minimum absolute atomic E-state index is 3.11. The first-order valence-corrected chi connectivity index (χ1v) is 16.9. The van der Waals surface area contributed by atoms with E-state index in [0.717, 1.165) is 0 Å². The van der Waals surface area contributed by atoms with Crippen LogP contribution in [0.1, 0.15) is 0 Å². The third-order valence-electron chi connectivity index (χ3n) is 8.85. The van der Waals surface area contributed by atoms with E-state index in [1.807, 2.05) is 0 Å². The summed E-state index contributed by atoms with van der Waals surface area (Å²) in [6, 6.07) is 0. The van der Waals surface area contributed by atoms with Crippen LogP contribution in [0.5, 0.6) is 0 Å². The number of hydrogen-bond donors (Lipinski definition) is 2. The Morgan fingerprint density at radius 1 is 0.141 bits per heavy atom. The highest BCUT2D eigenvalue weighted by molar-refractivity contribution is 6.79. The molecular formula is C22H4F46N2Si. The van der Waals surface area contributed by atoms with E-state index in [4.69, 9.17) is 0 Å². The summed E-state index contributed by atoms with van der Waals surface area (Å²) in [7, 11) is -11.0. The van der Waals surface area contributed by atoms with Crippen molar-refractivity contribution in [2.24, 2.45) is 10.8 Å². The second kappa shape index (κ2) is 16.0. The number of halogens is 46. The van der Waals surface area contributed by atoms with Crippen LogP contribution < -0.4 is 10.8 Å². The second-order valence-electron chi connectivity index (χ2n) is 13.4. The fourth-order valence-electron chi connectivity index (χ4n) is 4.23. The molecule has 49 heteroatoms. The average Bonchev–Trinajstić information content (AvgIpc) is 3.11. The molecule has 0 bridgehead atoms. The Labute approximate surface area is 352 Å². The van der Waals surface area contributed by atoms with Crippen LogP contribution in [0.2, 0.25) is 0 Å². The molecule has 71 heavy (non-hydrogen) atoms. The molecule has 0 atom stereocenters. The van der Waals surface area contributed by atoms with Crippen LogP contribution in [0.3, 0.4) is 0 Å². The molecule has 0 spiro atoms. The van der Waals surface area contributed by atoms with Gasteiger partial charge in [0.15, 0.2) is 0 Å². The molecule has 0 aromatic carbocycles. The van der Waals surface area contributed by atoms with Crippen LogP contribution >= 0.6 is 0 Å². The van der Waals surface area contributed by atoms with Crippen LogP contribution in [-0.2, 0) is 0 Å². The molecular weight excluding hydrogens is 1190 g/mol. The monoisotopic (exact) mass is 1200 g/mol. The lowest BCUT2D eigenvalue weighted by atomic mass is 9.86. The topological polar surface area (TPSA) is 52.0 Å². The summed E-state index contributed by atoms with van der Waals surface area (Å²) in [6.45, 7) is 0. The van der Waals surface area contributed by atoms with Crippen molar-refractivity contribution in [3.8, 4) is 0 Å². The molecule has 0 unspecified atom stereocenters. The highest BCUT2D eigenvalue weighted by Crippen LogP contribution is 2.71. The van der Waals surface area contributed by atoms with E-state index < -0.39 is 138 Å². The van der Waals surface area contributed by atoms with Crippen LogP contribution in [0.4, 0.5) is 202 Å². The molecule has 0 heterocycles. The molecule has 428 valence electrons. The van der Waals surface area contributed by atoms with E-state index in [1.165, 1.54) is 0 Å². The molecule has 2 nitrogen and oxygen atoms in total. The van der Waals surface area contributed by atoms with E-state index in [-0.39, 0.29) is 0 Å². The maximum atomic E-state index is 14.6. The normalized spacial score (nSPS) is 17.6. The van der Waals surface area contributed by atoms with Gasteiger partial charge in [-0.25, -0.2) is 17.6 Å². The van der Waals surface area contributed by atoms with Gasteiger partial charge in [-0.1, -0.05) is 0 Å². The van der Waals surface area contributed by atoms with E-state index >= 15 is 0 Å². The number of rotatable bonds is 20. The van der Waals surface area contributed by atoms with E-state index in [1.54, 1.807) is 0 Å². The van der Waals surface area contributed by atoms with Gasteiger partial charge in [-0.2, -0.15) is 184 Å². The first-order valence-electron chi connectivity index (χ1n) is 14.8. The highest BCUT2D eigenvalue weighted by atomic mass is 28.4. The smallest absolute Gasteiger partial charge is 0.330 e. The van der Waals surface area contributed by atoms with Crippen LogP contribution in [0.25, 0.3) is 0 Å². The molecule has 0 amide bonds. The van der Waals surface area contributed by atoms with Crippen molar-refractivity contribution in [2.75, 3.05) is 0 Å². The van der Waals surface area contributed by atoms with Crippen LogP contribution in [0, 0.1) is 0 Å². The second-order valence-corrected chi connectivity index (χ2v) is 16.3. The Kier molecular flexibility index (Phi) is 15.3. The van der Waals surface area contributed by atoms with Crippen LogP contribution in [0.15, 0.2) is 0 Å². The third kappa shape index (κ3) is 7.42. The summed E-state index contributed by atoms with van der Waals surface area (Å²) >= 11 is 0. The summed E-state index contributed by atoms with van der Waals surface area (Å²) in [6.07, 6.45) is -17.1. The van der Waals surface area contributed by atoms with Gasteiger partial charge < -0.3 is 10.8 Å². The zero-order valence-electron chi connectivity index (χ0n) is 30.0. The van der Waals surface area contributed by atoms with Crippen molar-refractivity contribution in [3.63, 3.8) is 0 Å². The van der Waals surface area contributed by atoms with Crippen molar-refractivity contribution in [1.29, 1.82) is 0 Å². The average molecular weight is 1200 g/mol. The van der Waals surface area contributed by atoms with Gasteiger partial charge in [-0.15, -0.1) is 0 Å². The predicted octanol–water partition coefficient (Wildman–Crippen LogP) is 13.3. The Hall–Kier alpha value is -3.08. The van der Waals surface area contributed by atoms with Crippen molar-refractivity contribution < 1.29 is 202 Å². The highest BCUT2D eigenvalue weighted by Gasteiger charge is 3.03. The quantitative estimate of drug-likeness (QED) is 0.0943. The summed E-state index contributed by atoms with van der Waals surface area (Å²) < 4.78 is 627. The maximum absolute atomic E-state index is 14.6. The number of alkyl halides is 46. The lowest BCUT2D eigenvalue weighted by Gasteiger charge is -2.49. The van der Waals surface area contributed by atoms with E-state index in [2.05, 4.69) is 10.8 Å². The molecule has 0 aliphatic heterocycles. The number of hydrogen-bond acceptors (Lipinski definition) is 2. The molecule has 0 fully saturated rings. The van der Waals surface area contributed by atoms with E-state index in [9.17, 15) is 202 Å². The van der Waals surface area contributed by atoms with Gasteiger partial charge in [-0.05, 0) is 0 Å². The Morgan fingerprint density at radius 2 is 0.225 bits per heavy atom. The number of nitrogens with two attached hydrogens (primary N) is 2. The van der Waals surface area contributed by atoms with Gasteiger partial charge in [0.05, 0.1) is 0 Å². The largest absolute Gasteiger partial charge is 0.460 e. The summed E-state index contributed by atoms with van der Waals surface area (Å²) in [5, 5.41) is 6.22. The first kappa shape index (κ1) is 67.9. The zero-order valence-corrected chi connectivity index (χ0v) is 31.0. The van der Waals surface area contributed by atoms with E-state index in [0.29, 0.717) is 0 Å². The fourth-order valence-corrected chi connectivity index (χ4v) is 5.97. The SMILES string of the molecule is N[Si](N)(C(F)(F)C(F)(F)C(F)(F)C(F)(F)C(F)(F)C(F)(F)C(F)(F)C(F)(F)C(F)(F)C(F)(F)C(F)(F)F)C(F)(F)C(F)(F)C(F)(F)C(F)(F)C(F)(F)C(F)(F)C(F)(F)C(F)(F)C(F)(F)C(F)(F)C(F)(F)F. The zero-order chi connectivity index (χ0) is 59.5. The van der Waals surface area contributed by atoms with Crippen molar-refractivity contribution in [3.05, 3.63) is 0 Å². The molecule has 0 aromatic rings. The van der Waals surface area contributed by atoms with Gasteiger partial charge in [0, 0.05) is 0 Å². The van der Waals surface area contributed by atoms with Crippen molar-refractivity contribution >= 4 is 8.40 Å². The predicted molar refractivity (Wildman–Crippen MR) is 125 cm³/mol. The van der Waals surface area contributed by atoms with Gasteiger partial charge in [0.1, 0.15) is 0 Å². The molecule has 0 aliphatic carbocycles. The molecule has 0 aliphatic rings. The molecule has 0 saturated heterocycles. The minimum Gasteiger partial charge on any atom is -0.330 e. The summed E-state index contributed by atoms with van der Waals surface area (Å²) in [4.78, 5) is 0. The summed E-state index contributed by atoms with van der Waals surface area (Å²) in [5.41, 5.74) is -19.7. The van der Waals surface area contributed by atoms with Crippen molar-refractivity contribution in [2.45, 2.75) is 130 Å². The maximum Gasteiger partial charge on any atom is 0.460 e. The lowest BCUT2D eigenvalue weighted by Crippen LogP contribution is -2.90. The molecule has 4 N–H and O–H groups in total. The fraction of sp³-hybridized carbons (Fsp3) is 1.00. The summed E-state index contributed by atoms with van der Waals surface area (Å²) in [5.74, 6) is -181. The molecule has 0 radical (unpaired) electrons. The Bertz CT molecular complexity index is 1810.